The van der Waals surface area contributed by atoms with E-state index in [9.17, 15) is 15.0 Å². The SMILES string of the molecule is O=C(NCc1ccccc1)C(COCc1ccccc1)N1C(O)CNC(O)[C@@H]1Cc1ccccc1. The van der Waals surface area contributed by atoms with E-state index in [1.165, 1.54) is 0 Å². The molecule has 1 saturated heterocycles. The maximum Gasteiger partial charge on any atom is 0.240 e. The van der Waals surface area contributed by atoms with Gasteiger partial charge in [0.05, 0.1) is 19.3 Å². The van der Waals surface area contributed by atoms with Crippen LogP contribution in [0.2, 0.25) is 0 Å². The summed E-state index contributed by atoms with van der Waals surface area (Å²) in [6.07, 6.45) is -1.40. The van der Waals surface area contributed by atoms with Crippen LogP contribution in [-0.4, -0.2) is 58.7 Å². The van der Waals surface area contributed by atoms with Gasteiger partial charge in [0.15, 0.2) is 0 Å². The zero-order chi connectivity index (χ0) is 24.5. The minimum absolute atomic E-state index is 0.0740. The number of hydrogen-bond donors (Lipinski definition) is 4. The van der Waals surface area contributed by atoms with E-state index < -0.39 is 24.5 Å². The standard InChI is InChI=1S/C28H33N3O4/c32-26-18-30-27(33)24(16-21-10-4-1-5-11-21)31(26)25(20-35-19-23-14-8-3-9-15-23)28(34)29-17-22-12-6-2-7-13-22/h1-15,24-27,30,32-33H,16-20H2,(H,29,34)/t24-,25?,26?,27?/m0/s1. The molecule has 0 aromatic heterocycles. The molecular weight excluding hydrogens is 442 g/mol. The second kappa shape index (κ2) is 12.6. The normalized spacial score (nSPS) is 21.4. The summed E-state index contributed by atoms with van der Waals surface area (Å²) in [7, 11) is 0. The third-order valence-electron chi connectivity index (χ3n) is 6.25. The fourth-order valence-corrected chi connectivity index (χ4v) is 4.43. The molecule has 7 heteroatoms. The molecule has 0 saturated carbocycles. The Morgan fingerprint density at radius 3 is 2.11 bits per heavy atom. The van der Waals surface area contributed by atoms with E-state index in [0.717, 1.165) is 16.7 Å². The molecule has 3 aromatic rings. The lowest BCUT2D eigenvalue weighted by atomic mass is 9.98. The predicted octanol–water partition coefficient (Wildman–Crippen LogP) is 2.04. The topological polar surface area (TPSA) is 94.1 Å². The number of benzene rings is 3. The monoisotopic (exact) mass is 475 g/mol. The van der Waals surface area contributed by atoms with Crippen LogP contribution in [0.4, 0.5) is 0 Å². The Hall–Kier alpha value is -3.07. The number of aliphatic hydroxyl groups excluding tert-OH is 2. The zero-order valence-corrected chi connectivity index (χ0v) is 19.7. The van der Waals surface area contributed by atoms with Crippen LogP contribution in [0.5, 0.6) is 0 Å². The highest BCUT2D eigenvalue weighted by molar-refractivity contribution is 5.82. The molecule has 4 rings (SSSR count). The van der Waals surface area contributed by atoms with Gasteiger partial charge in [-0.2, -0.15) is 0 Å². The van der Waals surface area contributed by atoms with E-state index in [4.69, 9.17) is 4.74 Å². The number of hydrogen-bond acceptors (Lipinski definition) is 6. The van der Waals surface area contributed by atoms with Crippen molar-refractivity contribution in [3.05, 3.63) is 108 Å². The summed E-state index contributed by atoms with van der Waals surface area (Å²) in [5.74, 6) is -0.256. The molecule has 1 aliphatic heterocycles. The van der Waals surface area contributed by atoms with Gasteiger partial charge in [0, 0.05) is 13.1 Å². The number of carbonyl (C=O) groups is 1. The predicted molar refractivity (Wildman–Crippen MR) is 134 cm³/mol. The van der Waals surface area contributed by atoms with Gasteiger partial charge in [0.25, 0.3) is 0 Å². The van der Waals surface area contributed by atoms with Crippen LogP contribution in [0.15, 0.2) is 91.0 Å². The van der Waals surface area contributed by atoms with Crippen molar-refractivity contribution in [2.24, 2.45) is 0 Å². The molecule has 1 aliphatic rings. The first kappa shape index (κ1) is 25.0. The number of piperazine rings is 1. The number of rotatable bonds is 10. The summed E-state index contributed by atoms with van der Waals surface area (Å²) in [4.78, 5) is 15.2. The van der Waals surface area contributed by atoms with Crippen LogP contribution < -0.4 is 10.6 Å². The Bertz CT molecular complexity index is 1040. The molecule has 3 aromatic carbocycles. The second-order valence-electron chi connectivity index (χ2n) is 8.76. The highest BCUT2D eigenvalue weighted by Gasteiger charge is 2.42. The Morgan fingerprint density at radius 1 is 0.914 bits per heavy atom. The molecule has 4 atom stereocenters. The van der Waals surface area contributed by atoms with Crippen molar-refractivity contribution >= 4 is 5.91 Å². The van der Waals surface area contributed by atoms with E-state index in [2.05, 4.69) is 10.6 Å². The van der Waals surface area contributed by atoms with Crippen molar-refractivity contribution in [3.8, 4) is 0 Å². The number of carbonyl (C=O) groups excluding carboxylic acids is 1. The van der Waals surface area contributed by atoms with Crippen molar-refractivity contribution in [3.63, 3.8) is 0 Å². The van der Waals surface area contributed by atoms with E-state index in [1.54, 1.807) is 4.90 Å². The van der Waals surface area contributed by atoms with Crippen molar-refractivity contribution in [1.29, 1.82) is 0 Å². The molecule has 1 amide bonds. The van der Waals surface area contributed by atoms with Crippen LogP contribution in [0.1, 0.15) is 16.7 Å². The highest BCUT2D eigenvalue weighted by Crippen LogP contribution is 2.22. The van der Waals surface area contributed by atoms with Crippen LogP contribution in [0.25, 0.3) is 0 Å². The molecule has 0 bridgehead atoms. The Morgan fingerprint density at radius 2 is 1.49 bits per heavy atom. The van der Waals surface area contributed by atoms with E-state index >= 15 is 0 Å². The van der Waals surface area contributed by atoms with Gasteiger partial charge in [-0.25, -0.2) is 0 Å². The largest absolute Gasteiger partial charge is 0.377 e. The maximum absolute atomic E-state index is 13.5. The van der Waals surface area contributed by atoms with Crippen molar-refractivity contribution in [2.45, 2.75) is 44.1 Å². The van der Waals surface area contributed by atoms with Crippen LogP contribution >= 0.6 is 0 Å². The molecule has 4 N–H and O–H groups in total. The van der Waals surface area contributed by atoms with Gasteiger partial charge in [-0.15, -0.1) is 0 Å². The third kappa shape index (κ3) is 6.97. The van der Waals surface area contributed by atoms with Gasteiger partial charge in [0.1, 0.15) is 18.5 Å². The van der Waals surface area contributed by atoms with E-state index in [1.807, 2.05) is 91.0 Å². The summed E-state index contributed by atoms with van der Waals surface area (Å²) in [5, 5.41) is 27.7. The van der Waals surface area contributed by atoms with Gasteiger partial charge in [0.2, 0.25) is 5.91 Å². The fourth-order valence-electron chi connectivity index (χ4n) is 4.43. The van der Waals surface area contributed by atoms with Crippen molar-refractivity contribution in [2.75, 3.05) is 13.2 Å². The number of nitrogens with zero attached hydrogens (tertiary/aromatic N) is 1. The lowest BCUT2D eigenvalue weighted by Gasteiger charge is -2.46. The van der Waals surface area contributed by atoms with Crippen LogP contribution in [0.3, 0.4) is 0 Å². The van der Waals surface area contributed by atoms with Crippen LogP contribution in [0, 0.1) is 0 Å². The maximum atomic E-state index is 13.5. The molecular formula is C28H33N3O4. The summed E-state index contributed by atoms with van der Waals surface area (Å²) < 4.78 is 5.97. The minimum Gasteiger partial charge on any atom is -0.377 e. The summed E-state index contributed by atoms with van der Waals surface area (Å²) in [5.41, 5.74) is 2.98. The molecule has 7 nitrogen and oxygen atoms in total. The molecule has 1 fully saturated rings. The lowest BCUT2D eigenvalue weighted by molar-refractivity contribution is -0.157. The van der Waals surface area contributed by atoms with Gasteiger partial charge >= 0.3 is 0 Å². The van der Waals surface area contributed by atoms with Gasteiger partial charge in [-0.05, 0) is 23.1 Å². The minimum atomic E-state index is -0.958. The number of β-amino-alcohol motifs (C(OH)–C–C–N with tert-alkyl or cyclic N) is 1. The summed E-state index contributed by atoms with van der Waals surface area (Å²) in [6, 6.07) is 27.9. The fraction of sp³-hybridized carbons (Fsp3) is 0.321. The first-order valence-corrected chi connectivity index (χ1v) is 12.0. The Balaban J connectivity index is 1.53. The third-order valence-corrected chi connectivity index (χ3v) is 6.25. The first-order valence-electron chi connectivity index (χ1n) is 12.0. The average molecular weight is 476 g/mol. The molecule has 35 heavy (non-hydrogen) atoms. The molecule has 1 heterocycles. The molecule has 0 aliphatic carbocycles. The summed E-state index contributed by atoms with van der Waals surface area (Å²) >= 11 is 0. The quantitative estimate of drug-likeness (QED) is 0.359. The second-order valence-corrected chi connectivity index (χ2v) is 8.76. The smallest absolute Gasteiger partial charge is 0.240 e. The number of nitrogens with one attached hydrogen (secondary N) is 2. The molecule has 0 spiro atoms. The average Bonchev–Trinajstić information content (AvgIpc) is 2.90. The number of ether oxygens (including phenoxy) is 1. The number of aliphatic hydroxyl groups is 2. The molecule has 0 radical (unpaired) electrons. The highest BCUT2D eigenvalue weighted by atomic mass is 16.5. The Labute approximate surface area is 206 Å². The first-order chi connectivity index (χ1) is 17.1. The van der Waals surface area contributed by atoms with Crippen molar-refractivity contribution < 1.29 is 19.7 Å². The van der Waals surface area contributed by atoms with E-state index in [0.29, 0.717) is 19.6 Å². The van der Waals surface area contributed by atoms with E-state index in [-0.39, 0.29) is 19.1 Å². The van der Waals surface area contributed by atoms with Crippen molar-refractivity contribution in [1.82, 2.24) is 15.5 Å². The Kier molecular flexibility index (Phi) is 9.00. The van der Waals surface area contributed by atoms with Crippen LogP contribution in [-0.2, 0) is 29.1 Å². The van der Waals surface area contributed by atoms with Gasteiger partial charge < -0.3 is 20.3 Å². The van der Waals surface area contributed by atoms with Gasteiger partial charge in [-0.1, -0.05) is 91.0 Å². The van der Waals surface area contributed by atoms with Gasteiger partial charge in [-0.3, -0.25) is 15.0 Å². The zero-order valence-electron chi connectivity index (χ0n) is 19.7. The lowest BCUT2D eigenvalue weighted by Crippen LogP contribution is -2.68. The number of amides is 1. The summed E-state index contributed by atoms with van der Waals surface area (Å²) in [6.45, 7) is 0.929. The molecule has 184 valence electrons. The molecule has 3 unspecified atom stereocenters.